The van der Waals surface area contributed by atoms with Gasteiger partial charge in [-0.25, -0.2) is 0 Å². The number of hydrogen-bond acceptors (Lipinski definition) is 9. The Labute approximate surface area is 167 Å². The van der Waals surface area contributed by atoms with Gasteiger partial charge in [-0.2, -0.15) is 0 Å². The summed E-state index contributed by atoms with van der Waals surface area (Å²) < 4.78 is 34.2. The van der Waals surface area contributed by atoms with Crippen LogP contribution >= 0.6 is 0 Å². The maximum atomic E-state index is 12.9. The van der Waals surface area contributed by atoms with Gasteiger partial charge >= 0.3 is 17.9 Å². The lowest BCUT2D eigenvalue weighted by Crippen LogP contribution is -2.49. The summed E-state index contributed by atoms with van der Waals surface area (Å²) in [5.41, 5.74) is 0. The maximum Gasteiger partial charge on any atom is 0.309 e. The fourth-order valence-electron chi connectivity index (χ4n) is 6.00. The number of hydrogen-bond donors (Lipinski definition) is 0. The molecule has 158 valence electrons. The Kier molecular flexibility index (Phi) is 4.15. The van der Waals surface area contributed by atoms with Gasteiger partial charge in [0, 0.05) is 11.8 Å². The third-order valence-electron chi connectivity index (χ3n) is 7.51. The molecule has 6 aliphatic rings. The van der Waals surface area contributed by atoms with Crippen molar-refractivity contribution in [1.82, 2.24) is 0 Å². The number of rotatable bonds is 2. The van der Waals surface area contributed by atoms with Crippen LogP contribution in [0.5, 0.6) is 0 Å². The second-order valence-electron chi connectivity index (χ2n) is 9.07. The molecule has 6 saturated heterocycles. The summed E-state index contributed by atoms with van der Waals surface area (Å²) in [6.07, 6.45) is 0.351. The van der Waals surface area contributed by atoms with Gasteiger partial charge in [0.2, 0.25) is 0 Å². The van der Waals surface area contributed by atoms with Gasteiger partial charge in [-0.05, 0) is 18.8 Å². The summed E-state index contributed by atoms with van der Waals surface area (Å²) in [5.74, 6) is -1.16. The zero-order chi connectivity index (χ0) is 19.7. The standard InChI is InChI=1S/C20H24O9/c21-16-3-12-13(27-16)1-8(5-24-12)10-6-25-14-2-9(20(23)29-18(10)14)11-7-26-15-4-17(22)28-19(11)15/h8-15,18-19H,1-7H2. The van der Waals surface area contributed by atoms with Crippen LogP contribution in [-0.2, 0) is 42.8 Å². The molecule has 0 aromatic rings. The summed E-state index contributed by atoms with van der Waals surface area (Å²) in [7, 11) is 0. The molecule has 0 bridgehead atoms. The van der Waals surface area contributed by atoms with Crippen LogP contribution in [-0.4, -0.2) is 74.4 Å². The molecule has 0 aromatic carbocycles. The van der Waals surface area contributed by atoms with E-state index in [1.54, 1.807) is 0 Å². The van der Waals surface area contributed by atoms with Crippen molar-refractivity contribution >= 4 is 17.9 Å². The van der Waals surface area contributed by atoms with Gasteiger partial charge in [0.25, 0.3) is 0 Å². The third kappa shape index (κ3) is 2.89. The van der Waals surface area contributed by atoms with Gasteiger partial charge in [-0.1, -0.05) is 0 Å². The number of fused-ring (bicyclic) bond motifs is 3. The van der Waals surface area contributed by atoms with Crippen LogP contribution < -0.4 is 0 Å². The normalized spacial score (nSPS) is 51.1. The average Bonchev–Trinajstić information content (AvgIpc) is 3.42. The lowest BCUT2D eigenvalue weighted by Gasteiger charge is -2.39. The van der Waals surface area contributed by atoms with Crippen molar-refractivity contribution in [3.8, 4) is 0 Å². The topological polar surface area (TPSA) is 107 Å². The third-order valence-corrected chi connectivity index (χ3v) is 7.51. The predicted molar refractivity (Wildman–Crippen MR) is 91.3 cm³/mol. The van der Waals surface area contributed by atoms with Crippen LogP contribution in [0.3, 0.4) is 0 Å². The molecule has 0 radical (unpaired) electrons. The van der Waals surface area contributed by atoms with E-state index < -0.39 is 5.92 Å². The minimum atomic E-state index is -0.390. The van der Waals surface area contributed by atoms with Gasteiger partial charge in [0.15, 0.2) is 0 Å². The summed E-state index contributed by atoms with van der Waals surface area (Å²) >= 11 is 0. The smallest absolute Gasteiger partial charge is 0.309 e. The zero-order valence-electron chi connectivity index (χ0n) is 15.9. The SMILES string of the molecule is O=C1CC2OCC(C3COC4CC(C5COC6CC(=O)OC65)C(=O)OC43)CC2O1. The molecule has 0 aliphatic carbocycles. The van der Waals surface area contributed by atoms with E-state index >= 15 is 0 Å². The molecule has 6 heterocycles. The fourth-order valence-corrected chi connectivity index (χ4v) is 6.00. The molecule has 0 N–H and O–H groups in total. The first kappa shape index (κ1) is 18.1. The summed E-state index contributed by atoms with van der Waals surface area (Å²) in [6.45, 7) is 1.41. The van der Waals surface area contributed by atoms with Gasteiger partial charge in [0.1, 0.15) is 30.5 Å². The van der Waals surface area contributed by atoms with Gasteiger partial charge in [-0.3, -0.25) is 14.4 Å². The lowest BCUT2D eigenvalue weighted by molar-refractivity contribution is -0.177. The van der Waals surface area contributed by atoms with Gasteiger partial charge < -0.3 is 28.4 Å². The van der Waals surface area contributed by atoms with E-state index in [1.807, 2.05) is 0 Å². The van der Waals surface area contributed by atoms with E-state index in [9.17, 15) is 14.4 Å². The molecule has 29 heavy (non-hydrogen) atoms. The monoisotopic (exact) mass is 408 g/mol. The molecule has 10 atom stereocenters. The first-order chi connectivity index (χ1) is 14.1. The lowest BCUT2D eigenvalue weighted by atomic mass is 9.77. The van der Waals surface area contributed by atoms with Crippen molar-refractivity contribution < 1.29 is 42.8 Å². The van der Waals surface area contributed by atoms with E-state index in [2.05, 4.69) is 0 Å². The van der Waals surface area contributed by atoms with Crippen LogP contribution in [0.25, 0.3) is 0 Å². The van der Waals surface area contributed by atoms with Crippen LogP contribution in [0, 0.1) is 23.7 Å². The molecule has 6 fully saturated rings. The van der Waals surface area contributed by atoms with Crippen LogP contribution in [0.1, 0.15) is 25.7 Å². The van der Waals surface area contributed by atoms with Crippen molar-refractivity contribution in [1.29, 1.82) is 0 Å². The second kappa shape index (κ2) is 6.65. The molecular weight excluding hydrogens is 384 g/mol. The molecular formula is C20H24O9. The van der Waals surface area contributed by atoms with E-state index in [0.29, 0.717) is 39.1 Å². The highest BCUT2D eigenvalue weighted by atomic mass is 16.6. The largest absolute Gasteiger partial charge is 0.459 e. The van der Waals surface area contributed by atoms with Crippen molar-refractivity contribution in [2.45, 2.75) is 62.3 Å². The molecule has 0 spiro atoms. The molecule has 9 nitrogen and oxygen atoms in total. The van der Waals surface area contributed by atoms with E-state index in [1.165, 1.54) is 0 Å². The average molecular weight is 408 g/mol. The summed E-state index contributed by atoms with van der Waals surface area (Å²) in [4.78, 5) is 36.0. The maximum absolute atomic E-state index is 12.9. The number of esters is 3. The molecule has 10 unspecified atom stereocenters. The molecule has 6 aliphatic heterocycles. The summed E-state index contributed by atoms with van der Waals surface area (Å²) in [6, 6.07) is 0. The minimum Gasteiger partial charge on any atom is -0.459 e. The van der Waals surface area contributed by atoms with E-state index in [0.717, 1.165) is 0 Å². The molecule has 0 saturated carbocycles. The van der Waals surface area contributed by atoms with Crippen LogP contribution in [0.4, 0.5) is 0 Å². The zero-order valence-corrected chi connectivity index (χ0v) is 15.9. The van der Waals surface area contributed by atoms with Crippen molar-refractivity contribution in [2.75, 3.05) is 19.8 Å². The van der Waals surface area contributed by atoms with Crippen molar-refractivity contribution in [3.63, 3.8) is 0 Å². The van der Waals surface area contributed by atoms with Crippen molar-refractivity contribution in [2.24, 2.45) is 23.7 Å². The number of carbonyl (C=O) groups excluding carboxylic acids is 3. The Balaban J connectivity index is 1.13. The first-order valence-electron chi connectivity index (χ1n) is 10.5. The number of carbonyl (C=O) groups is 3. The second-order valence-corrected chi connectivity index (χ2v) is 9.07. The summed E-state index contributed by atoms with van der Waals surface area (Å²) in [5, 5.41) is 0. The van der Waals surface area contributed by atoms with E-state index in [4.69, 9.17) is 28.4 Å². The Bertz CT molecular complexity index is 737. The number of ether oxygens (including phenoxy) is 6. The molecule has 0 aromatic heterocycles. The van der Waals surface area contributed by atoms with Crippen molar-refractivity contribution in [3.05, 3.63) is 0 Å². The highest BCUT2D eigenvalue weighted by molar-refractivity contribution is 5.76. The minimum absolute atomic E-state index is 0.0297. The Morgan fingerprint density at radius 3 is 2.21 bits per heavy atom. The highest BCUT2D eigenvalue weighted by Crippen LogP contribution is 2.45. The Morgan fingerprint density at radius 2 is 1.31 bits per heavy atom. The van der Waals surface area contributed by atoms with Gasteiger partial charge in [-0.15, -0.1) is 0 Å². The fraction of sp³-hybridized carbons (Fsp3) is 0.850. The highest BCUT2D eigenvalue weighted by Gasteiger charge is 2.57. The van der Waals surface area contributed by atoms with Gasteiger partial charge in [0.05, 0.1) is 44.7 Å². The van der Waals surface area contributed by atoms with E-state index in [-0.39, 0.29) is 78.7 Å². The molecule has 6 rings (SSSR count). The molecule has 9 heteroatoms. The Morgan fingerprint density at radius 1 is 0.621 bits per heavy atom. The first-order valence-corrected chi connectivity index (χ1v) is 10.5. The van der Waals surface area contributed by atoms with Crippen LogP contribution in [0.15, 0.2) is 0 Å². The Hall–Kier alpha value is -1.71. The predicted octanol–water partition coefficient (Wildman–Crippen LogP) is -0.0158. The quantitative estimate of drug-likeness (QED) is 0.460. The molecule has 0 amide bonds. The van der Waals surface area contributed by atoms with Crippen LogP contribution in [0.2, 0.25) is 0 Å².